The minimum absolute atomic E-state index is 0.0444. The van der Waals surface area contributed by atoms with Crippen molar-refractivity contribution in [2.45, 2.75) is 23.8 Å². The van der Waals surface area contributed by atoms with Crippen LogP contribution in [0.2, 0.25) is 0 Å². The van der Waals surface area contributed by atoms with E-state index in [4.69, 9.17) is 16.2 Å². The van der Waals surface area contributed by atoms with Crippen molar-refractivity contribution in [2.24, 2.45) is 16.5 Å². The summed E-state index contributed by atoms with van der Waals surface area (Å²) in [6, 6.07) is 19.4. The Balaban J connectivity index is 1.50. The number of methoxy groups -OCH3 is 1. The summed E-state index contributed by atoms with van der Waals surface area (Å²) in [6.45, 7) is 2.61. The molecule has 1 fully saturated rings. The van der Waals surface area contributed by atoms with Crippen molar-refractivity contribution in [3.63, 3.8) is 0 Å². The molecule has 3 aromatic rings. The lowest BCUT2D eigenvalue weighted by Crippen LogP contribution is -2.55. The third-order valence-electron chi connectivity index (χ3n) is 6.58. The van der Waals surface area contributed by atoms with E-state index in [2.05, 4.69) is 14.6 Å². The molecule has 1 amide bonds. The second-order valence-corrected chi connectivity index (χ2v) is 10.9. The van der Waals surface area contributed by atoms with Gasteiger partial charge in [-0.05, 0) is 60.0 Å². The van der Waals surface area contributed by atoms with Crippen molar-refractivity contribution >= 4 is 38.3 Å². The fraction of sp³-hybridized carbons (Fsp3) is 0.333. The molecule has 4 rings (SSSR count). The predicted molar refractivity (Wildman–Crippen MR) is 150 cm³/mol. The number of anilines is 1. The Hall–Kier alpha value is -3.83. The minimum Gasteiger partial charge on any atom is -0.497 e. The van der Waals surface area contributed by atoms with Gasteiger partial charge in [0.25, 0.3) is 0 Å². The SMILES string of the molecule is COc1ccc2ccc(S(=O)(=O)N[C@@H](CCCN=C(N)N)C(=O)N3CCN(c4ccccc4)CC3)cc2c1. The highest BCUT2D eigenvalue weighted by atomic mass is 32.2. The van der Waals surface area contributed by atoms with Crippen LogP contribution in [0.1, 0.15) is 12.8 Å². The zero-order chi connectivity index (χ0) is 27.1. The molecule has 1 heterocycles. The van der Waals surface area contributed by atoms with Crippen molar-refractivity contribution in [3.8, 4) is 5.75 Å². The molecule has 0 saturated carbocycles. The van der Waals surface area contributed by atoms with E-state index in [9.17, 15) is 13.2 Å². The number of para-hydroxylation sites is 1. The Morgan fingerprint density at radius 2 is 1.71 bits per heavy atom. The van der Waals surface area contributed by atoms with Crippen LogP contribution in [0.3, 0.4) is 0 Å². The van der Waals surface area contributed by atoms with Crippen LogP contribution in [-0.4, -0.2) is 71.1 Å². The molecule has 1 aliphatic rings. The summed E-state index contributed by atoms with van der Waals surface area (Å²) < 4.78 is 34.8. The van der Waals surface area contributed by atoms with Crippen molar-refractivity contribution in [1.29, 1.82) is 0 Å². The number of fused-ring (bicyclic) bond motifs is 1. The van der Waals surface area contributed by atoms with E-state index >= 15 is 0 Å². The number of ether oxygens (including phenoxy) is 1. The Morgan fingerprint density at radius 3 is 2.39 bits per heavy atom. The molecule has 202 valence electrons. The smallest absolute Gasteiger partial charge is 0.241 e. The van der Waals surface area contributed by atoms with Crippen LogP contribution in [0.15, 0.2) is 76.6 Å². The molecule has 5 N–H and O–H groups in total. The van der Waals surface area contributed by atoms with E-state index in [1.807, 2.05) is 42.5 Å². The highest BCUT2D eigenvalue weighted by molar-refractivity contribution is 7.89. The van der Waals surface area contributed by atoms with Gasteiger partial charge >= 0.3 is 0 Å². The topological polar surface area (TPSA) is 143 Å². The Bertz CT molecular complexity index is 1390. The Morgan fingerprint density at radius 1 is 1.00 bits per heavy atom. The monoisotopic (exact) mass is 538 g/mol. The number of sulfonamides is 1. The number of carbonyl (C=O) groups excluding carboxylic acids is 1. The maximum atomic E-state index is 13.6. The number of nitrogens with one attached hydrogen (secondary N) is 1. The number of aliphatic imine (C=N–C) groups is 1. The molecule has 1 saturated heterocycles. The largest absolute Gasteiger partial charge is 0.497 e. The number of carbonyl (C=O) groups is 1. The number of rotatable bonds is 10. The van der Waals surface area contributed by atoms with Gasteiger partial charge in [-0.1, -0.05) is 30.3 Å². The van der Waals surface area contributed by atoms with Gasteiger partial charge in [0.1, 0.15) is 11.8 Å². The number of hydrogen-bond acceptors (Lipinski definition) is 6. The number of benzene rings is 3. The first-order chi connectivity index (χ1) is 18.3. The second kappa shape index (κ2) is 12.1. The highest BCUT2D eigenvalue weighted by Crippen LogP contribution is 2.24. The zero-order valence-electron chi connectivity index (χ0n) is 21.4. The highest BCUT2D eigenvalue weighted by Gasteiger charge is 2.31. The van der Waals surface area contributed by atoms with E-state index in [-0.39, 0.29) is 23.2 Å². The number of hydrogen-bond donors (Lipinski definition) is 3. The van der Waals surface area contributed by atoms with Crippen LogP contribution in [0.4, 0.5) is 5.69 Å². The molecule has 0 radical (unpaired) electrons. The van der Waals surface area contributed by atoms with Crippen LogP contribution < -0.4 is 25.8 Å². The van der Waals surface area contributed by atoms with Gasteiger partial charge in [0, 0.05) is 38.4 Å². The molecule has 0 bridgehead atoms. The molecule has 1 atom stereocenters. The molecule has 1 aliphatic heterocycles. The summed E-state index contributed by atoms with van der Waals surface area (Å²) in [5.41, 5.74) is 11.9. The molecular weight excluding hydrogens is 504 g/mol. The van der Waals surface area contributed by atoms with Gasteiger partial charge in [0.2, 0.25) is 15.9 Å². The average molecular weight is 539 g/mol. The van der Waals surface area contributed by atoms with Gasteiger partial charge in [-0.15, -0.1) is 0 Å². The van der Waals surface area contributed by atoms with Crippen LogP contribution in [0, 0.1) is 0 Å². The molecule has 0 aromatic heterocycles. The zero-order valence-corrected chi connectivity index (χ0v) is 22.2. The quantitative estimate of drug-likeness (QED) is 0.203. The van der Waals surface area contributed by atoms with Crippen molar-refractivity contribution in [1.82, 2.24) is 9.62 Å². The molecule has 0 aliphatic carbocycles. The molecule has 38 heavy (non-hydrogen) atoms. The number of guanidine groups is 1. The molecule has 3 aromatic carbocycles. The van der Waals surface area contributed by atoms with Gasteiger partial charge in [-0.3, -0.25) is 9.79 Å². The van der Waals surface area contributed by atoms with Gasteiger partial charge in [-0.25, -0.2) is 8.42 Å². The van der Waals surface area contributed by atoms with Gasteiger partial charge < -0.3 is 26.0 Å². The lowest BCUT2D eigenvalue weighted by atomic mass is 10.1. The standard InChI is InChI=1S/C27H34N6O4S/c1-37-23-11-9-20-10-12-24(19-21(20)18-23)38(35,36)31-25(8-5-13-30-27(28)29)26(34)33-16-14-32(15-17-33)22-6-3-2-4-7-22/h2-4,6-7,9-12,18-19,25,31H,5,8,13-17H2,1H3,(H4,28,29,30)/t25-/m0/s1. The van der Waals surface area contributed by atoms with Gasteiger partial charge in [0.15, 0.2) is 5.96 Å². The van der Waals surface area contributed by atoms with Crippen molar-refractivity contribution in [2.75, 3.05) is 44.7 Å². The first kappa shape index (κ1) is 27.2. The van der Waals surface area contributed by atoms with E-state index in [0.29, 0.717) is 44.9 Å². The molecule has 10 nitrogen and oxygen atoms in total. The van der Waals surface area contributed by atoms with Gasteiger partial charge in [0.05, 0.1) is 12.0 Å². The fourth-order valence-corrected chi connectivity index (χ4v) is 5.79. The first-order valence-electron chi connectivity index (χ1n) is 12.5. The average Bonchev–Trinajstić information content (AvgIpc) is 2.94. The van der Waals surface area contributed by atoms with Gasteiger partial charge in [-0.2, -0.15) is 4.72 Å². The lowest BCUT2D eigenvalue weighted by Gasteiger charge is -2.37. The summed E-state index contributed by atoms with van der Waals surface area (Å²) in [5.74, 6) is 0.327. The van der Waals surface area contributed by atoms with E-state index in [0.717, 1.165) is 16.5 Å². The molecule has 0 unspecified atom stereocenters. The first-order valence-corrected chi connectivity index (χ1v) is 14.0. The Labute approximate surface area is 223 Å². The van der Waals surface area contributed by atoms with E-state index in [1.165, 1.54) is 6.07 Å². The number of amides is 1. The molecular formula is C27H34N6O4S. The lowest BCUT2D eigenvalue weighted by molar-refractivity contribution is -0.133. The summed E-state index contributed by atoms with van der Waals surface area (Å²) in [5, 5.41) is 1.60. The number of nitrogens with two attached hydrogens (primary N) is 2. The summed E-state index contributed by atoms with van der Waals surface area (Å²) in [7, 11) is -2.44. The summed E-state index contributed by atoms with van der Waals surface area (Å²) in [6.07, 6.45) is 0.699. The second-order valence-electron chi connectivity index (χ2n) is 9.15. The maximum Gasteiger partial charge on any atom is 0.241 e. The van der Waals surface area contributed by atoms with Crippen LogP contribution in [-0.2, 0) is 14.8 Å². The van der Waals surface area contributed by atoms with E-state index in [1.54, 1.807) is 30.2 Å². The Kier molecular flexibility index (Phi) is 8.70. The van der Waals surface area contributed by atoms with Crippen LogP contribution in [0.25, 0.3) is 10.8 Å². The fourth-order valence-electron chi connectivity index (χ4n) is 4.53. The normalized spacial score (nSPS) is 14.8. The van der Waals surface area contributed by atoms with E-state index < -0.39 is 16.1 Å². The maximum absolute atomic E-state index is 13.6. The predicted octanol–water partition coefficient (Wildman–Crippen LogP) is 1.90. The number of nitrogens with zero attached hydrogens (tertiary/aromatic N) is 3. The van der Waals surface area contributed by atoms with Crippen LogP contribution >= 0.6 is 0 Å². The minimum atomic E-state index is -4.00. The van der Waals surface area contributed by atoms with Crippen molar-refractivity contribution in [3.05, 3.63) is 66.7 Å². The third kappa shape index (κ3) is 6.73. The molecule has 0 spiro atoms. The number of piperazine rings is 1. The third-order valence-corrected chi connectivity index (χ3v) is 8.05. The summed E-state index contributed by atoms with van der Waals surface area (Å²) in [4.78, 5) is 21.5. The van der Waals surface area contributed by atoms with Crippen LogP contribution in [0.5, 0.6) is 5.75 Å². The molecule has 11 heteroatoms. The summed E-state index contributed by atoms with van der Waals surface area (Å²) >= 11 is 0. The van der Waals surface area contributed by atoms with Crippen molar-refractivity contribution < 1.29 is 17.9 Å².